The lowest BCUT2D eigenvalue weighted by Gasteiger charge is -2.16. The Morgan fingerprint density at radius 3 is 2.67 bits per heavy atom. The maximum atomic E-state index is 12.5. The van der Waals surface area contributed by atoms with Crippen LogP contribution in [0, 0.1) is 0 Å². The second kappa shape index (κ2) is 5.68. The number of carbonyl (C=O) groups is 1. The molecule has 0 N–H and O–H groups in total. The van der Waals surface area contributed by atoms with Crippen LogP contribution in [-0.4, -0.2) is 38.7 Å². The SMILES string of the molecule is CC(C)n1nccc1-c1cc(C(=O)N2CCCC2)ccn1. The average molecular weight is 284 g/mol. The molecule has 0 saturated carbocycles. The molecule has 1 aliphatic rings. The van der Waals surface area contributed by atoms with Gasteiger partial charge in [-0.25, -0.2) is 0 Å². The number of likely N-dealkylation sites (tertiary alicyclic amines) is 1. The first kappa shape index (κ1) is 13.8. The predicted molar refractivity (Wildman–Crippen MR) is 81.0 cm³/mol. The van der Waals surface area contributed by atoms with Crippen LogP contribution in [-0.2, 0) is 0 Å². The summed E-state index contributed by atoms with van der Waals surface area (Å²) >= 11 is 0. The summed E-state index contributed by atoms with van der Waals surface area (Å²) in [7, 11) is 0. The summed E-state index contributed by atoms with van der Waals surface area (Å²) in [5.74, 6) is 0.103. The number of pyridine rings is 1. The summed E-state index contributed by atoms with van der Waals surface area (Å²) in [6.45, 7) is 5.88. The molecule has 3 rings (SSSR count). The normalized spacial score (nSPS) is 14.9. The van der Waals surface area contributed by atoms with Crippen molar-refractivity contribution in [3.63, 3.8) is 0 Å². The van der Waals surface area contributed by atoms with E-state index >= 15 is 0 Å². The molecule has 1 aliphatic heterocycles. The van der Waals surface area contributed by atoms with E-state index in [4.69, 9.17) is 0 Å². The number of hydrogen-bond donors (Lipinski definition) is 0. The molecule has 0 radical (unpaired) electrons. The zero-order valence-electron chi connectivity index (χ0n) is 12.5. The Morgan fingerprint density at radius 1 is 1.19 bits per heavy atom. The maximum Gasteiger partial charge on any atom is 0.253 e. The topological polar surface area (TPSA) is 51.0 Å². The van der Waals surface area contributed by atoms with E-state index in [0.717, 1.165) is 37.3 Å². The van der Waals surface area contributed by atoms with Gasteiger partial charge in [-0.2, -0.15) is 5.10 Å². The van der Waals surface area contributed by atoms with Crippen LogP contribution in [0.2, 0.25) is 0 Å². The van der Waals surface area contributed by atoms with E-state index in [2.05, 4.69) is 23.9 Å². The molecule has 110 valence electrons. The Bertz CT molecular complexity index is 641. The number of nitrogens with zero attached hydrogens (tertiary/aromatic N) is 4. The van der Waals surface area contributed by atoms with Crippen molar-refractivity contribution in [2.24, 2.45) is 0 Å². The molecule has 3 heterocycles. The van der Waals surface area contributed by atoms with Crippen LogP contribution in [0.4, 0.5) is 0 Å². The molecule has 0 unspecified atom stereocenters. The van der Waals surface area contributed by atoms with Gasteiger partial charge in [0.05, 0.1) is 11.4 Å². The first-order valence-corrected chi connectivity index (χ1v) is 7.46. The molecule has 0 bridgehead atoms. The van der Waals surface area contributed by atoms with Crippen LogP contribution in [0.25, 0.3) is 11.4 Å². The van der Waals surface area contributed by atoms with E-state index in [-0.39, 0.29) is 11.9 Å². The van der Waals surface area contributed by atoms with E-state index in [9.17, 15) is 4.79 Å². The van der Waals surface area contributed by atoms with Crippen LogP contribution in [0.3, 0.4) is 0 Å². The van der Waals surface area contributed by atoms with Crippen molar-refractivity contribution < 1.29 is 4.79 Å². The summed E-state index contributed by atoms with van der Waals surface area (Å²) < 4.78 is 1.92. The largest absolute Gasteiger partial charge is 0.339 e. The van der Waals surface area contributed by atoms with Crippen LogP contribution < -0.4 is 0 Å². The van der Waals surface area contributed by atoms with Crippen molar-refractivity contribution in [1.29, 1.82) is 0 Å². The molecule has 0 aromatic carbocycles. The lowest BCUT2D eigenvalue weighted by atomic mass is 10.1. The van der Waals surface area contributed by atoms with Crippen molar-refractivity contribution in [2.75, 3.05) is 13.1 Å². The summed E-state index contributed by atoms with van der Waals surface area (Å²) in [6, 6.07) is 5.86. The fraction of sp³-hybridized carbons (Fsp3) is 0.438. The van der Waals surface area contributed by atoms with Crippen molar-refractivity contribution in [3.05, 3.63) is 36.2 Å². The highest BCUT2D eigenvalue weighted by Crippen LogP contribution is 2.22. The summed E-state index contributed by atoms with van der Waals surface area (Å²) in [4.78, 5) is 18.8. The summed E-state index contributed by atoms with van der Waals surface area (Å²) in [5, 5.41) is 4.33. The molecule has 0 aliphatic carbocycles. The molecule has 1 saturated heterocycles. The lowest BCUT2D eigenvalue weighted by Crippen LogP contribution is -2.27. The van der Waals surface area contributed by atoms with Crippen molar-refractivity contribution in [3.8, 4) is 11.4 Å². The van der Waals surface area contributed by atoms with E-state index in [1.807, 2.05) is 21.7 Å². The van der Waals surface area contributed by atoms with Gasteiger partial charge in [0.15, 0.2) is 0 Å². The third kappa shape index (κ3) is 2.68. The molecule has 1 fully saturated rings. The highest BCUT2D eigenvalue weighted by atomic mass is 16.2. The lowest BCUT2D eigenvalue weighted by molar-refractivity contribution is 0.0793. The summed E-state index contributed by atoms with van der Waals surface area (Å²) in [6.07, 6.45) is 5.68. The van der Waals surface area contributed by atoms with Crippen LogP contribution >= 0.6 is 0 Å². The van der Waals surface area contributed by atoms with Crippen molar-refractivity contribution >= 4 is 5.91 Å². The molecule has 2 aromatic heterocycles. The van der Waals surface area contributed by atoms with Gasteiger partial charge < -0.3 is 4.90 Å². The van der Waals surface area contributed by atoms with Gasteiger partial charge in [0.2, 0.25) is 0 Å². The van der Waals surface area contributed by atoms with Gasteiger partial charge in [-0.1, -0.05) is 0 Å². The highest BCUT2D eigenvalue weighted by molar-refractivity contribution is 5.95. The monoisotopic (exact) mass is 284 g/mol. The second-order valence-corrected chi connectivity index (χ2v) is 5.68. The molecular weight excluding hydrogens is 264 g/mol. The number of carbonyl (C=O) groups excluding carboxylic acids is 1. The molecular formula is C16H20N4O. The first-order valence-electron chi connectivity index (χ1n) is 7.46. The minimum absolute atomic E-state index is 0.103. The fourth-order valence-electron chi connectivity index (χ4n) is 2.74. The van der Waals surface area contributed by atoms with Crippen LogP contribution in [0.5, 0.6) is 0 Å². The molecule has 0 spiro atoms. The average Bonchev–Trinajstić information content (AvgIpc) is 3.17. The number of hydrogen-bond acceptors (Lipinski definition) is 3. The Kier molecular flexibility index (Phi) is 3.73. The Labute approximate surface area is 124 Å². The van der Waals surface area contributed by atoms with Crippen molar-refractivity contribution in [1.82, 2.24) is 19.7 Å². The number of amides is 1. The molecule has 5 nitrogen and oxygen atoms in total. The van der Waals surface area contributed by atoms with Gasteiger partial charge in [0.25, 0.3) is 5.91 Å². The van der Waals surface area contributed by atoms with E-state index in [1.54, 1.807) is 18.5 Å². The van der Waals surface area contributed by atoms with Crippen LogP contribution in [0.15, 0.2) is 30.6 Å². The van der Waals surface area contributed by atoms with Crippen LogP contribution in [0.1, 0.15) is 43.1 Å². The highest BCUT2D eigenvalue weighted by Gasteiger charge is 2.20. The molecule has 1 amide bonds. The summed E-state index contributed by atoms with van der Waals surface area (Å²) in [5.41, 5.74) is 2.45. The van der Waals surface area contributed by atoms with E-state index < -0.39 is 0 Å². The standard InChI is InChI=1S/C16H20N4O/c1-12(2)20-15(6-8-18-20)14-11-13(5-7-17-14)16(21)19-9-3-4-10-19/h5-8,11-12H,3-4,9-10H2,1-2H3. The second-order valence-electron chi connectivity index (χ2n) is 5.68. The number of aromatic nitrogens is 3. The van der Waals surface area contributed by atoms with Gasteiger partial charge in [-0.15, -0.1) is 0 Å². The maximum absolute atomic E-state index is 12.5. The van der Waals surface area contributed by atoms with Gasteiger partial charge >= 0.3 is 0 Å². The fourth-order valence-corrected chi connectivity index (χ4v) is 2.74. The minimum atomic E-state index is 0.103. The number of rotatable bonds is 3. The van der Waals surface area contributed by atoms with Gasteiger partial charge in [0, 0.05) is 37.1 Å². The van der Waals surface area contributed by atoms with E-state index in [0.29, 0.717) is 5.56 Å². The zero-order valence-corrected chi connectivity index (χ0v) is 12.5. The van der Waals surface area contributed by atoms with Gasteiger partial charge in [-0.05, 0) is 44.9 Å². The third-order valence-electron chi connectivity index (χ3n) is 3.82. The van der Waals surface area contributed by atoms with Gasteiger partial charge in [-0.3, -0.25) is 14.5 Å². The predicted octanol–water partition coefficient (Wildman–Crippen LogP) is 2.76. The molecule has 0 atom stereocenters. The Balaban J connectivity index is 1.92. The first-order chi connectivity index (χ1) is 10.2. The minimum Gasteiger partial charge on any atom is -0.339 e. The van der Waals surface area contributed by atoms with E-state index in [1.165, 1.54) is 0 Å². The third-order valence-corrected chi connectivity index (χ3v) is 3.82. The molecule has 5 heteroatoms. The Morgan fingerprint density at radius 2 is 1.95 bits per heavy atom. The van der Waals surface area contributed by atoms with Gasteiger partial charge in [0.1, 0.15) is 0 Å². The quantitative estimate of drug-likeness (QED) is 0.871. The smallest absolute Gasteiger partial charge is 0.253 e. The zero-order chi connectivity index (χ0) is 14.8. The van der Waals surface area contributed by atoms with Crippen molar-refractivity contribution in [2.45, 2.75) is 32.7 Å². The molecule has 21 heavy (non-hydrogen) atoms. The Hall–Kier alpha value is -2.17. The molecule has 2 aromatic rings.